The van der Waals surface area contributed by atoms with Crippen molar-refractivity contribution in [1.29, 1.82) is 0 Å². The second kappa shape index (κ2) is 7.35. The second-order valence-corrected chi connectivity index (χ2v) is 5.44. The number of carbonyl (C=O) groups excluding carboxylic acids is 1. The molecule has 0 saturated carbocycles. The molecule has 2 aromatic rings. The number of aryl methyl sites for hydroxylation is 2. The van der Waals surface area contributed by atoms with Crippen LogP contribution in [0.25, 0.3) is 11.0 Å². The number of phenolic OH excluding ortho intramolecular Hbond substituents is 1. The van der Waals surface area contributed by atoms with Crippen molar-refractivity contribution in [3.63, 3.8) is 0 Å². The Bertz CT molecular complexity index is 824. The maximum atomic E-state index is 12.3. The topological polar surface area (TPSA) is 98.0 Å². The maximum absolute atomic E-state index is 12.3. The van der Waals surface area contributed by atoms with Gasteiger partial charge in [0.05, 0.1) is 31.1 Å². The average molecular weight is 335 g/mol. The van der Waals surface area contributed by atoms with Crippen LogP contribution in [0.5, 0.6) is 11.5 Å². The molecule has 24 heavy (non-hydrogen) atoms. The largest absolute Gasteiger partial charge is 0.507 e. The van der Waals surface area contributed by atoms with Crippen molar-refractivity contribution in [1.82, 2.24) is 5.32 Å². The third-order valence-corrected chi connectivity index (χ3v) is 3.92. The van der Waals surface area contributed by atoms with Gasteiger partial charge in [0.15, 0.2) is 0 Å². The highest BCUT2D eigenvalue weighted by molar-refractivity contribution is 5.92. The molecule has 130 valence electrons. The Hall–Kier alpha value is -2.54. The van der Waals surface area contributed by atoms with Gasteiger partial charge >= 0.3 is 5.63 Å². The van der Waals surface area contributed by atoms with E-state index in [-0.39, 0.29) is 29.2 Å². The van der Waals surface area contributed by atoms with Crippen molar-refractivity contribution in [2.45, 2.75) is 20.3 Å². The fraction of sp³-hybridized carbons (Fsp3) is 0.412. The van der Waals surface area contributed by atoms with Gasteiger partial charge in [-0.25, -0.2) is 4.79 Å². The minimum Gasteiger partial charge on any atom is -0.507 e. The maximum Gasteiger partial charge on any atom is 0.340 e. The minimum atomic E-state index is -0.599. The number of rotatable bonds is 6. The second-order valence-electron chi connectivity index (χ2n) is 5.44. The molecule has 2 N–H and O–H groups in total. The van der Waals surface area contributed by atoms with Crippen LogP contribution in [0.1, 0.15) is 16.7 Å². The molecule has 0 aliphatic rings. The lowest BCUT2D eigenvalue weighted by molar-refractivity contribution is -0.120. The van der Waals surface area contributed by atoms with Crippen LogP contribution in [-0.4, -0.2) is 38.4 Å². The Balaban J connectivity index is 2.51. The van der Waals surface area contributed by atoms with Gasteiger partial charge < -0.3 is 24.3 Å². The van der Waals surface area contributed by atoms with Crippen LogP contribution in [0.4, 0.5) is 0 Å². The summed E-state index contributed by atoms with van der Waals surface area (Å²) < 4.78 is 15.5. The van der Waals surface area contributed by atoms with Gasteiger partial charge in [0.25, 0.3) is 0 Å². The van der Waals surface area contributed by atoms with Crippen LogP contribution in [-0.2, 0) is 16.0 Å². The van der Waals surface area contributed by atoms with Crippen molar-refractivity contribution in [2.24, 2.45) is 0 Å². The zero-order valence-corrected chi connectivity index (χ0v) is 14.2. The molecule has 7 nitrogen and oxygen atoms in total. The molecule has 0 spiro atoms. The fourth-order valence-corrected chi connectivity index (χ4v) is 2.54. The van der Waals surface area contributed by atoms with Gasteiger partial charge in [0.2, 0.25) is 5.91 Å². The Kier molecular flexibility index (Phi) is 5.46. The van der Waals surface area contributed by atoms with Crippen LogP contribution >= 0.6 is 0 Å². The van der Waals surface area contributed by atoms with E-state index in [1.807, 2.05) is 0 Å². The molecule has 0 aliphatic carbocycles. The summed E-state index contributed by atoms with van der Waals surface area (Å²) >= 11 is 0. The van der Waals surface area contributed by atoms with Crippen molar-refractivity contribution in [2.75, 3.05) is 27.4 Å². The third kappa shape index (κ3) is 3.35. The molecule has 1 heterocycles. The number of fused-ring (bicyclic) bond motifs is 1. The first kappa shape index (κ1) is 17.8. The molecule has 7 heteroatoms. The molecule has 0 bridgehead atoms. The van der Waals surface area contributed by atoms with E-state index in [0.717, 1.165) is 0 Å². The lowest BCUT2D eigenvalue weighted by Crippen LogP contribution is -2.30. The Morgan fingerprint density at radius 3 is 2.62 bits per heavy atom. The van der Waals surface area contributed by atoms with Gasteiger partial charge in [-0.3, -0.25) is 4.79 Å². The molecule has 0 aliphatic heterocycles. The quantitative estimate of drug-likeness (QED) is 0.612. The molecule has 1 aromatic heterocycles. The van der Waals surface area contributed by atoms with Crippen LogP contribution < -0.4 is 15.7 Å². The lowest BCUT2D eigenvalue weighted by atomic mass is 10.00. The van der Waals surface area contributed by atoms with Gasteiger partial charge in [-0.05, 0) is 19.4 Å². The van der Waals surface area contributed by atoms with Crippen molar-refractivity contribution in [3.05, 3.63) is 33.2 Å². The molecule has 1 aromatic carbocycles. The van der Waals surface area contributed by atoms with E-state index in [1.54, 1.807) is 13.8 Å². The summed E-state index contributed by atoms with van der Waals surface area (Å²) in [6.07, 6.45) is -0.100. The van der Waals surface area contributed by atoms with E-state index in [2.05, 4.69) is 5.32 Å². The Morgan fingerprint density at radius 1 is 1.29 bits per heavy atom. The van der Waals surface area contributed by atoms with Crippen molar-refractivity contribution < 1.29 is 23.8 Å². The molecule has 0 atom stereocenters. The summed E-state index contributed by atoms with van der Waals surface area (Å²) in [6, 6.07) is 1.47. The molecule has 0 saturated heterocycles. The standard InChI is InChI=1S/C17H21NO6/c1-9-11(7-14(20)18-5-6-22-3)17(21)24-16-10(2)12(19)8-13(23-4)15(9)16/h8,19H,5-7H2,1-4H3,(H,18,20). The van der Waals surface area contributed by atoms with Gasteiger partial charge in [-0.1, -0.05) is 0 Å². The lowest BCUT2D eigenvalue weighted by Gasteiger charge is -2.13. The number of amides is 1. The summed E-state index contributed by atoms with van der Waals surface area (Å²) in [6.45, 7) is 4.14. The highest BCUT2D eigenvalue weighted by Gasteiger charge is 2.20. The Labute approximate surface area is 139 Å². The number of methoxy groups -OCH3 is 2. The van der Waals surface area contributed by atoms with Crippen LogP contribution in [0.15, 0.2) is 15.3 Å². The summed E-state index contributed by atoms with van der Waals surface area (Å²) in [4.78, 5) is 24.3. The summed E-state index contributed by atoms with van der Waals surface area (Å²) in [5.74, 6) is 0.0682. The van der Waals surface area contributed by atoms with Crippen molar-refractivity contribution >= 4 is 16.9 Å². The van der Waals surface area contributed by atoms with Crippen molar-refractivity contribution in [3.8, 4) is 11.5 Å². The normalized spacial score (nSPS) is 10.8. The first-order valence-electron chi connectivity index (χ1n) is 7.49. The molecule has 1 amide bonds. The number of benzene rings is 1. The molecule has 2 rings (SSSR count). The predicted molar refractivity (Wildman–Crippen MR) is 88.8 cm³/mol. The van der Waals surface area contributed by atoms with E-state index in [1.165, 1.54) is 20.3 Å². The average Bonchev–Trinajstić information content (AvgIpc) is 2.55. The monoisotopic (exact) mass is 335 g/mol. The van der Waals surface area contributed by atoms with Crippen LogP contribution in [0, 0.1) is 13.8 Å². The summed E-state index contributed by atoms with van der Waals surface area (Å²) in [5.41, 5.74) is 0.974. The first-order chi connectivity index (χ1) is 11.4. The van der Waals surface area contributed by atoms with E-state index >= 15 is 0 Å². The zero-order valence-electron chi connectivity index (χ0n) is 14.2. The van der Waals surface area contributed by atoms with Crippen LogP contribution in [0.3, 0.4) is 0 Å². The Morgan fingerprint density at radius 2 is 2.00 bits per heavy atom. The number of phenols is 1. The van der Waals surface area contributed by atoms with Gasteiger partial charge in [-0.2, -0.15) is 0 Å². The van der Waals surface area contributed by atoms with Gasteiger partial charge in [0.1, 0.15) is 17.1 Å². The highest BCUT2D eigenvalue weighted by atomic mass is 16.5. The van der Waals surface area contributed by atoms with E-state index in [0.29, 0.717) is 35.4 Å². The molecular formula is C17H21NO6. The molecule has 0 fully saturated rings. The third-order valence-electron chi connectivity index (χ3n) is 3.92. The molecular weight excluding hydrogens is 314 g/mol. The number of aromatic hydroxyl groups is 1. The number of hydrogen-bond donors (Lipinski definition) is 2. The number of nitrogens with one attached hydrogen (secondary N) is 1. The van der Waals surface area contributed by atoms with Crippen LogP contribution in [0.2, 0.25) is 0 Å². The van der Waals surface area contributed by atoms with E-state index in [4.69, 9.17) is 13.9 Å². The minimum absolute atomic E-state index is 0.0213. The SMILES string of the molecule is COCCNC(=O)Cc1c(C)c2c(OC)cc(O)c(C)c2oc1=O. The highest BCUT2D eigenvalue weighted by Crippen LogP contribution is 2.36. The number of hydrogen-bond acceptors (Lipinski definition) is 6. The summed E-state index contributed by atoms with van der Waals surface area (Å²) in [7, 11) is 3.00. The zero-order chi connectivity index (χ0) is 17.9. The van der Waals surface area contributed by atoms with E-state index < -0.39 is 5.63 Å². The van der Waals surface area contributed by atoms with Gasteiger partial charge in [0, 0.05) is 25.3 Å². The van der Waals surface area contributed by atoms with Gasteiger partial charge in [-0.15, -0.1) is 0 Å². The summed E-state index contributed by atoms with van der Waals surface area (Å²) in [5, 5.41) is 13.2. The van der Waals surface area contributed by atoms with E-state index in [9.17, 15) is 14.7 Å². The molecule has 0 unspecified atom stereocenters. The smallest absolute Gasteiger partial charge is 0.340 e. The number of ether oxygens (including phenoxy) is 2. The molecule has 0 radical (unpaired) electrons. The first-order valence-corrected chi connectivity index (χ1v) is 7.49. The fourth-order valence-electron chi connectivity index (χ4n) is 2.54. The number of carbonyl (C=O) groups is 1. The predicted octanol–water partition coefficient (Wildman–Crippen LogP) is 1.43.